The van der Waals surface area contributed by atoms with Crippen LogP contribution in [-0.4, -0.2) is 40.0 Å². The molecule has 0 radical (unpaired) electrons. The molecule has 6 nitrogen and oxygen atoms in total. The first-order valence-electron chi connectivity index (χ1n) is 12.1. The molecule has 1 aromatic heterocycles. The quantitative estimate of drug-likeness (QED) is 0.291. The van der Waals surface area contributed by atoms with Gasteiger partial charge in [-0.1, -0.05) is 29.8 Å². The molecule has 0 spiro atoms. The van der Waals surface area contributed by atoms with E-state index in [9.17, 15) is 9.59 Å². The topological polar surface area (TPSA) is 73.2 Å². The molecule has 5 unspecified atom stereocenters. The number of halogens is 1. The molecule has 1 aromatic carbocycles. The van der Waals surface area contributed by atoms with Gasteiger partial charge in [-0.05, 0) is 82.4 Å². The van der Waals surface area contributed by atoms with Crippen molar-refractivity contribution in [1.29, 1.82) is 0 Å². The van der Waals surface area contributed by atoms with Gasteiger partial charge >= 0.3 is 0 Å². The fourth-order valence-electron chi connectivity index (χ4n) is 5.50. The summed E-state index contributed by atoms with van der Waals surface area (Å²) in [7, 11) is 0. The summed E-state index contributed by atoms with van der Waals surface area (Å²) in [4.78, 5) is 31.0. The van der Waals surface area contributed by atoms with Crippen molar-refractivity contribution in [3.05, 3.63) is 33.6 Å². The van der Waals surface area contributed by atoms with E-state index in [1.54, 1.807) is 22.8 Å². The molecule has 0 saturated heterocycles. The second-order valence-corrected chi connectivity index (χ2v) is 11.2. The highest BCUT2D eigenvalue weighted by Crippen LogP contribution is 2.49. The molecule has 1 heterocycles. The van der Waals surface area contributed by atoms with Crippen LogP contribution < -0.4 is 10.9 Å². The molecule has 1 amide bonds. The van der Waals surface area contributed by atoms with Crippen molar-refractivity contribution in [3.8, 4) is 0 Å². The van der Waals surface area contributed by atoms with Crippen LogP contribution in [0, 0.1) is 17.8 Å². The van der Waals surface area contributed by atoms with Crippen molar-refractivity contribution in [2.75, 3.05) is 13.2 Å². The van der Waals surface area contributed by atoms with Crippen LogP contribution in [0.5, 0.6) is 0 Å². The lowest BCUT2D eigenvalue weighted by atomic mass is 9.84. The highest BCUT2D eigenvalue weighted by Gasteiger charge is 2.42. The number of nitrogens with one attached hydrogen (secondary N) is 1. The van der Waals surface area contributed by atoms with Crippen LogP contribution in [0.25, 0.3) is 10.9 Å². The van der Waals surface area contributed by atoms with Crippen LogP contribution in [0.4, 0.5) is 0 Å². The van der Waals surface area contributed by atoms with Gasteiger partial charge in [-0.25, -0.2) is 4.98 Å². The summed E-state index contributed by atoms with van der Waals surface area (Å²) in [5, 5.41) is 4.49. The average molecular weight is 492 g/mol. The molecule has 4 rings (SSSR count). The van der Waals surface area contributed by atoms with Gasteiger partial charge in [0.2, 0.25) is 5.91 Å². The SMILES string of the molecule is CCOCCCn1c(SC(C)C(=O)NC(C)C2CC3CCC2C3)nc2cc(Cl)ccc2c1=O. The number of benzene rings is 1. The lowest BCUT2D eigenvalue weighted by Crippen LogP contribution is -2.43. The van der Waals surface area contributed by atoms with E-state index in [0.29, 0.717) is 53.2 Å². The van der Waals surface area contributed by atoms with Crippen LogP contribution in [0.15, 0.2) is 28.2 Å². The predicted molar refractivity (Wildman–Crippen MR) is 134 cm³/mol. The van der Waals surface area contributed by atoms with Crippen LogP contribution >= 0.6 is 23.4 Å². The summed E-state index contributed by atoms with van der Waals surface area (Å²) in [6.07, 6.45) is 5.92. The first-order valence-corrected chi connectivity index (χ1v) is 13.4. The highest BCUT2D eigenvalue weighted by molar-refractivity contribution is 8.00. The molecule has 5 atom stereocenters. The van der Waals surface area contributed by atoms with Gasteiger partial charge in [0.25, 0.3) is 5.56 Å². The van der Waals surface area contributed by atoms with Gasteiger partial charge < -0.3 is 10.1 Å². The molecule has 8 heteroatoms. The number of hydrogen-bond donors (Lipinski definition) is 1. The van der Waals surface area contributed by atoms with Gasteiger partial charge in [0.1, 0.15) is 0 Å². The third-order valence-corrected chi connectivity index (χ3v) is 8.54. The molecule has 180 valence electrons. The third-order valence-electron chi connectivity index (χ3n) is 7.21. The number of amides is 1. The first-order chi connectivity index (χ1) is 15.9. The normalized spacial score (nSPS) is 23.7. The number of hydrogen-bond acceptors (Lipinski definition) is 5. The van der Waals surface area contributed by atoms with Gasteiger partial charge in [0.05, 0.1) is 16.2 Å². The maximum atomic E-state index is 13.2. The number of carbonyl (C=O) groups is 1. The predicted octanol–water partition coefficient (Wildman–Crippen LogP) is 4.90. The van der Waals surface area contributed by atoms with Gasteiger partial charge in [-0.2, -0.15) is 0 Å². The largest absolute Gasteiger partial charge is 0.382 e. The third kappa shape index (κ3) is 5.57. The summed E-state index contributed by atoms with van der Waals surface area (Å²) in [5.74, 6) is 2.20. The molecule has 2 aromatic rings. The van der Waals surface area contributed by atoms with E-state index in [1.807, 2.05) is 13.8 Å². The summed E-state index contributed by atoms with van der Waals surface area (Å²) in [6, 6.07) is 5.30. The van der Waals surface area contributed by atoms with Crippen molar-refractivity contribution in [2.24, 2.45) is 17.8 Å². The summed E-state index contributed by atoms with van der Waals surface area (Å²) >= 11 is 7.48. The van der Waals surface area contributed by atoms with Crippen LogP contribution in [0.3, 0.4) is 0 Å². The molecule has 0 aliphatic heterocycles. The zero-order valence-electron chi connectivity index (χ0n) is 19.7. The van der Waals surface area contributed by atoms with Crippen LogP contribution in [-0.2, 0) is 16.1 Å². The van der Waals surface area contributed by atoms with Crippen molar-refractivity contribution in [2.45, 2.75) is 75.9 Å². The molecule has 2 saturated carbocycles. The van der Waals surface area contributed by atoms with Crippen LogP contribution in [0.1, 0.15) is 52.9 Å². The second kappa shape index (κ2) is 10.8. The Hall–Kier alpha value is -1.57. The van der Waals surface area contributed by atoms with Gasteiger partial charge in [-0.3, -0.25) is 14.2 Å². The Balaban J connectivity index is 1.50. The zero-order chi connectivity index (χ0) is 23.5. The Morgan fingerprint density at radius 2 is 2.15 bits per heavy atom. The Morgan fingerprint density at radius 1 is 1.33 bits per heavy atom. The number of rotatable bonds is 10. The molecule has 33 heavy (non-hydrogen) atoms. The summed E-state index contributed by atoms with van der Waals surface area (Å²) in [6.45, 7) is 7.67. The number of carbonyl (C=O) groups excluding carboxylic acids is 1. The van der Waals surface area contributed by atoms with Gasteiger partial charge in [0, 0.05) is 30.8 Å². The molecule has 1 N–H and O–H groups in total. The first kappa shape index (κ1) is 24.6. The minimum absolute atomic E-state index is 0.00317. The molecule has 2 aliphatic carbocycles. The van der Waals surface area contributed by atoms with Crippen molar-refractivity contribution in [1.82, 2.24) is 14.9 Å². The van der Waals surface area contributed by atoms with Crippen molar-refractivity contribution >= 4 is 40.2 Å². The molecule has 2 aliphatic rings. The summed E-state index contributed by atoms with van der Waals surface area (Å²) < 4.78 is 7.12. The van der Waals surface area contributed by atoms with E-state index in [1.165, 1.54) is 37.4 Å². The Bertz CT molecular complexity index is 1060. The van der Waals surface area contributed by atoms with E-state index in [2.05, 4.69) is 12.2 Å². The van der Waals surface area contributed by atoms with Crippen molar-refractivity contribution in [3.63, 3.8) is 0 Å². The number of aromatic nitrogens is 2. The lowest BCUT2D eigenvalue weighted by molar-refractivity contribution is -0.121. The van der Waals surface area contributed by atoms with E-state index < -0.39 is 0 Å². The Morgan fingerprint density at radius 3 is 2.85 bits per heavy atom. The highest BCUT2D eigenvalue weighted by atomic mass is 35.5. The van der Waals surface area contributed by atoms with Gasteiger partial charge in [0.15, 0.2) is 5.16 Å². The standard InChI is InChI=1S/C25H34ClN3O3S/c1-4-32-11-5-10-29-24(31)20-9-8-19(26)14-22(20)28-25(29)33-16(3)23(30)27-15(2)21-13-17-6-7-18(21)12-17/h8-9,14-18,21H,4-7,10-13H2,1-3H3,(H,27,30). The number of fused-ring (bicyclic) bond motifs is 3. The second-order valence-electron chi connectivity index (χ2n) is 9.46. The van der Waals surface area contributed by atoms with E-state index in [-0.39, 0.29) is 22.8 Å². The monoisotopic (exact) mass is 491 g/mol. The van der Waals surface area contributed by atoms with E-state index >= 15 is 0 Å². The van der Waals surface area contributed by atoms with Gasteiger partial charge in [-0.15, -0.1) is 0 Å². The fraction of sp³-hybridized carbons (Fsp3) is 0.640. The average Bonchev–Trinajstić information content (AvgIpc) is 3.42. The Labute approximate surface area is 204 Å². The lowest BCUT2D eigenvalue weighted by Gasteiger charge is -2.29. The maximum absolute atomic E-state index is 13.2. The number of ether oxygens (including phenoxy) is 1. The molecule has 2 bridgehead atoms. The zero-order valence-corrected chi connectivity index (χ0v) is 21.3. The summed E-state index contributed by atoms with van der Waals surface area (Å²) in [5.41, 5.74) is 0.442. The fourth-order valence-corrected chi connectivity index (χ4v) is 6.61. The van der Waals surface area contributed by atoms with Crippen molar-refractivity contribution < 1.29 is 9.53 Å². The Kier molecular flexibility index (Phi) is 8.03. The van der Waals surface area contributed by atoms with Crippen LogP contribution in [0.2, 0.25) is 5.02 Å². The molecular formula is C25H34ClN3O3S. The number of thioether (sulfide) groups is 1. The molecule has 2 fully saturated rings. The maximum Gasteiger partial charge on any atom is 0.262 e. The van der Waals surface area contributed by atoms with E-state index in [4.69, 9.17) is 21.3 Å². The minimum atomic E-state index is -0.368. The molecular weight excluding hydrogens is 458 g/mol. The number of nitrogens with zero attached hydrogens (tertiary/aromatic N) is 2. The van der Waals surface area contributed by atoms with E-state index in [0.717, 1.165) is 11.8 Å². The minimum Gasteiger partial charge on any atom is -0.382 e. The smallest absolute Gasteiger partial charge is 0.262 e.